The molecule has 4 aromatic rings. The number of nitrogens with zero attached hydrogens (tertiary/aromatic N) is 5. The lowest BCUT2D eigenvalue weighted by Crippen LogP contribution is -2.50. The molecule has 0 radical (unpaired) electrons. The number of tetrazole rings is 1. The van der Waals surface area contributed by atoms with Crippen molar-refractivity contribution in [2.24, 2.45) is 0 Å². The zero-order valence-electron chi connectivity index (χ0n) is 20.3. The predicted molar refractivity (Wildman–Crippen MR) is 134 cm³/mol. The smallest absolute Gasteiger partial charge is 0.251 e. The summed E-state index contributed by atoms with van der Waals surface area (Å²) in [6, 6.07) is 13.9. The molecule has 1 N–H and O–H groups in total. The zero-order valence-corrected chi connectivity index (χ0v) is 21.2. The average molecular weight is 493 g/mol. The molecule has 0 unspecified atom stereocenters. The second kappa shape index (κ2) is 9.83. The first kappa shape index (κ1) is 24.3. The van der Waals surface area contributed by atoms with Crippen molar-refractivity contribution >= 4 is 28.8 Å². The summed E-state index contributed by atoms with van der Waals surface area (Å²) >= 11 is 1.42. The molecular formula is C25H28N6O3S. The van der Waals surface area contributed by atoms with E-state index in [1.807, 2.05) is 76.4 Å². The van der Waals surface area contributed by atoms with E-state index in [9.17, 15) is 9.59 Å². The molecule has 0 saturated carbocycles. The Bertz CT molecular complexity index is 1300. The number of furan rings is 1. The van der Waals surface area contributed by atoms with Gasteiger partial charge in [0.15, 0.2) is 5.76 Å². The third-order valence-corrected chi connectivity index (χ3v) is 6.01. The molecule has 3 aromatic heterocycles. The van der Waals surface area contributed by atoms with Crippen molar-refractivity contribution in [2.75, 3.05) is 4.90 Å². The lowest BCUT2D eigenvalue weighted by atomic mass is 10.1. The molecule has 3 heterocycles. The number of nitrogens with one attached hydrogen (secondary N) is 1. The monoisotopic (exact) mass is 492 g/mol. The number of aryl methyl sites for hydroxylation is 2. The van der Waals surface area contributed by atoms with Gasteiger partial charge in [-0.25, -0.2) is 0 Å². The maximum absolute atomic E-state index is 13.8. The topological polar surface area (TPSA) is 106 Å². The molecule has 0 aliphatic rings. The van der Waals surface area contributed by atoms with Crippen LogP contribution >= 0.6 is 11.3 Å². The fraction of sp³-hybridized carbons (Fsp3) is 0.320. The van der Waals surface area contributed by atoms with Gasteiger partial charge >= 0.3 is 0 Å². The minimum Gasteiger partial charge on any atom is -0.458 e. The van der Waals surface area contributed by atoms with Crippen LogP contribution in [0, 0.1) is 13.8 Å². The molecule has 182 valence electrons. The Kier molecular flexibility index (Phi) is 6.83. The number of rotatable bonds is 7. The van der Waals surface area contributed by atoms with Gasteiger partial charge in [-0.1, -0.05) is 23.8 Å². The van der Waals surface area contributed by atoms with Gasteiger partial charge in [-0.05, 0) is 75.5 Å². The molecule has 35 heavy (non-hydrogen) atoms. The molecule has 0 aliphatic carbocycles. The Morgan fingerprint density at radius 1 is 1.11 bits per heavy atom. The molecule has 1 atom stereocenters. The number of benzene rings is 1. The third kappa shape index (κ3) is 5.83. The van der Waals surface area contributed by atoms with Crippen molar-refractivity contribution in [3.63, 3.8) is 0 Å². The average Bonchev–Trinajstić information content (AvgIpc) is 3.53. The molecule has 0 saturated heterocycles. The van der Waals surface area contributed by atoms with Gasteiger partial charge in [0.1, 0.15) is 18.3 Å². The largest absolute Gasteiger partial charge is 0.458 e. The normalized spacial score (nSPS) is 12.4. The molecule has 0 spiro atoms. The highest BCUT2D eigenvalue weighted by molar-refractivity contribution is 7.10. The molecule has 0 bridgehead atoms. The van der Waals surface area contributed by atoms with E-state index in [1.165, 1.54) is 21.0 Å². The minimum atomic E-state index is -0.861. The Morgan fingerprint density at radius 3 is 2.46 bits per heavy atom. The van der Waals surface area contributed by atoms with E-state index < -0.39 is 11.6 Å². The van der Waals surface area contributed by atoms with E-state index in [-0.39, 0.29) is 24.2 Å². The third-order valence-electron chi connectivity index (χ3n) is 5.09. The van der Waals surface area contributed by atoms with Crippen LogP contribution in [0.15, 0.2) is 58.3 Å². The van der Waals surface area contributed by atoms with Crippen LogP contribution < -0.4 is 10.2 Å². The van der Waals surface area contributed by atoms with Crippen molar-refractivity contribution < 1.29 is 14.0 Å². The number of anilines is 1. The second-order valence-corrected chi connectivity index (χ2v) is 10.3. The van der Waals surface area contributed by atoms with E-state index >= 15 is 0 Å². The van der Waals surface area contributed by atoms with E-state index in [2.05, 4.69) is 20.7 Å². The maximum atomic E-state index is 13.8. The Labute approximate surface area is 207 Å². The highest BCUT2D eigenvalue weighted by Crippen LogP contribution is 2.32. The summed E-state index contributed by atoms with van der Waals surface area (Å²) in [4.78, 5) is 30.7. The van der Waals surface area contributed by atoms with Gasteiger partial charge < -0.3 is 9.73 Å². The number of carbonyl (C=O) groups excluding carboxylic acids is 2. The minimum absolute atomic E-state index is 0.203. The van der Waals surface area contributed by atoms with Crippen molar-refractivity contribution in [1.29, 1.82) is 0 Å². The lowest BCUT2D eigenvalue weighted by Gasteiger charge is -2.33. The first-order chi connectivity index (χ1) is 16.6. The molecular weight excluding hydrogens is 464 g/mol. The summed E-state index contributed by atoms with van der Waals surface area (Å²) in [6.45, 7) is 9.31. The first-order valence-corrected chi connectivity index (χ1v) is 12.1. The van der Waals surface area contributed by atoms with Crippen LogP contribution in [0.1, 0.15) is 43.0 Å². The van der Waals surface area contributed by atoms with Crippen LogP contribution in [-0.2, 0) is 16.1 Å². The Morgan fingerprint density at radius 2 is 1.86 bits per heavy atom. The van der Waals surface area contributed by atoms with Crippen LogP contribution in [0.4, 0.5) is 5.69 Å². The number of thiophene rings is 1. The number of hydrogen-bond donors (Lipinski definition) is 1. The zero-order chi connectivity index (χ0) is 25.2. The highest BCUT2D eigenvalue weighted by atomic mass is 32.1. The summed E-state index contributed by atoms with van der Waals surface area (Å²) in [5, 5.41) is 17.3. The number of aromatic nitrogens is 4. The van der Waals surface area contributed by atoms with Crippen LogP contribution in [0.3, 0.4) is 0 Å². The Balaban J connectivity index is 1.70. The maximum Gasteiger partial charge on any atom is 0.251 e. The SMILES string of the molecule is Cc1ccc(N(C(=O)Cn2nnc(-c3ccc(C)o3)n2)[C@H](C(=O)NC(C)(C)C)c2cccs2)cc1. The summed E-state index contributed by atoms with van der Waals surface area (Å²) in [6.07, 6.45) is 0. The van der Waals surface area contributed by atoms with Gasteiger partial charge in [-0.2, -0.15) is 4.80 Å². The van der Waals surface area contributed by atoms with Crippen LogP contribution in [0.25, 0.3) is 11.6 Å². The molecule has 0 aliphatic heterocycles. The van der Waals surface area contributed by atoms with Gasteiger partial charge in [0.05, 0.1) is 0 Å². The highest BCUT2D eigenvalue weighted by Gasteiger charge is 2.35. The van der Waals surface area contributed by atoms with Crippen molar-refractivity contribution in [1.82, 2.24) is 25.5 Å². The fourth-order valence-electron chi connectivity index (χ4n) is 3.56. The van der Waals surface area contributed by atoms with Crippen LogP contribution in [0.2, 0.25) is 0 Å². The van der Waals surface area contributed by atoms with E-state index in [0.29, 0.717) is 11.4 Å². The molecule has 4 rings (SSSR count). The predicted octanol–water partition coefficient (Wildman–Crippen LogP) is 4.30. The first-order valence-electron chi connectivity index (χ1n) is 11.2. The van der Waals surface area contributed by atoms with E-state index in [0.717, 1.165) is 16.2 Å². The van der Waals surface area contributed by atoms with Gasteiger partial charge in [-0.3, -0.25) is 14.5 Å². The quantitative estimate of drug-likeness (QED) is 0.412. The summed E-state index contributed by atoms with van der Waals surface area (Å²) in [5.41, 5.74) is 1.17. The molecule has 2 amide bonds. The standard InChI is InChI=1S/C25H28N6O3S/c1-16-8-11-18(12-9-16)31(22(20-7-6-14-35-20)24(33)26-25(3,4)5)21(32)15-30-28-23(27-29-30)19-13-10-17(2)34-19/h6-14,22H,15H2,1-5H3,(H,26,33)/t22-/m0/s1. The van der Waals surface area contributed by atoms with Gasteiger partial charge in [0.25, 0.3) is 5.91 Å². The van der Waals surface area contributed by atoms with Crippen LogP contribution in [0.5, 0.6) is 0 Å². The Hall–Kier alpha value is -3.79. The summed E-state index contributed by atoms with van der Waals surface area (Å²) < 4.78 is 5.56. The van der Waals surface area contributed by atoms with Crippen molar-refractivity contribution in [3.8, 4) is 11.6 Å². The van der Waals surface area contributed by atoms with Crippen molar-refractivity contribution in [3.05, 3.63) is 70.1 Å². The van der Waals surface area contributed by atoms with Gasteiger partial charge in [0, 0.05) is 16.1 Å². The summed E-state index contributed by atoms with van der Waals surface area (Å²) in [7, 11) is 0. The fourth-order valence-corrected chi connectivity index (χ4v) is 4.37. The number of amides is 2. The lowest BCUT2D eigenvalue weighted by molar-refractivity contribution is -0.128. The van der Waals surface area contributed by atoms with Crippen LogP contribution in [-0.4, -0.2) is 37.6 Å². The van der Waals surface area contributed by atoms with Gasteiger partial charge in [0.2, 0.25) is 11.7 Å². The van der Waals surface area contributed by atoms with E-state index in [1.54, 1.807) is 12.1 Å². The molecule has 10 heteroatoms. The second-order valence-electron chi connectivity index (χ2n) is 9.31. The van der Waals surface area contributed by atoms with E-state index in [4.69, 9.17) is 4.42 Å². The number of carbonyl (C=O) groups is 2. The number of hydrogen-bond acceptors (Lipinski definition) is 7. The summed E-state index contributed by atoms with van der Waals surface area (Å²) in [5.74, 6) is 0.857. The molecule has 0 fully saturated rings. The van der Waals surface area contributed by atoms with Gasteiger partial charge in [-0.15, -0.1) is 21.5 Å². The molecule has 1 aromatic carbocycles. The molecule has 9 nitrogen and oxygen atoms in total. The van der Waals surface area contributed by atoms with Crippen molar-refractivity contribution in [2.45, 2.75) is 52.7 Å².